The molecular weight excluding hydrogens is 304 g/mol. The van der Waals surface area contributed by atoms with Crippen LogP contribution in [0.1, 0.15) is 12.0 Å². The van der Waals surface area contributed by atoms with Crippen molar-refractivity contribution in [2.75, 3.05) is 39.3 Å². The molecule has 1 aromatic carbocycles. The maximum Gasteiger partial charge on any atom is 0.387 e. The Hall–Kier alpha value is -1.73. The fourth-order valence-corrected chi connectivity index (χ4v) is 2.47. The van der Waals surface area contributed by atoms with E-state index in [2.05, 4.69) is 20.3 Å². The molecule has 1 amide bonds. The number of hydrogen-bond donors (Lipinski definition) is 2. The third-order valence-corrected chi connectivity index (χ3v) is 3.75. The molecule has 5 nitrogen and oxygen atoms in total. The molecule has 0 saturated carbocycles. The number of ether oxygens (including phenoxy) is 1. The molecule has 23 heavy (non-hydrogen) atoms. The van der Waals surface area contributed by atoms with Gasteiger partial charge in [0.05, 0.1) is 0 Å². The minimum atomic E-state index is -2.82. The minimum absolute atomic E-state index is 0.00745. The van der Waals surface area contributed by atoms with Crippen molar-refractivity contribution in [3.8, 4) is 5.75 Å². The van der Waals surface area contributed by atoms with Crippen molar-refractivity contribution >= 4 is 5.91 Å². The molecular formula is C16H23F2N3O2. The molecule has 0 unspecified atom stereocenters. The number of rotatable bonds is 8. The number of carbonyl (C=O) groups excluding carboxylic acids is 1. The van der Waals surface area contributed by atoms with Gasteiger partial charge in [-0.3, -0.25) is 9.69 Å². The van der Waals surface area contributed by atoms with Gasteiger partial charge in [-0.25, -0.2) is 0 Å². The number of nitrogens with zero attached hydrogens (tertiary/aromatic N) is 1. The van der Waals surface area contributed by atoms with Gasteiger partial charge >= 0.3 is 6.61 Å². The highest BCUT2D eigenvalue weighted by Gasteiger charge is 2.09. The number of amides is 1. The molecule has 1 aliphatic heterocycles. The van der Waals surface area contributed by atoms with E-state index in [0.29, 0.717) is 19.4 Å². The van der Waals surface area contributed by atoms with E-state index < -0.39 is 6.61 Å². The summed E-state index contributed by atoms with van der Waals surface area (Å²) in [6.45, 7) is 2.74. The largest absolute Gasteiger partial charge is 0.435 e. The lowest BCUT2D eigenvalue weighted by Gasteiger charge is -2.27. The Bertz CT molecular complexity index is 477. The predicted molar refractivity (Wildman–Crippen MR) is 83.7 cm³/mol. The fourth-order valence-electron chi connectivity index (χ4n) is 2.47. The summed E-state index contributed by atoms with van der Waals surface area (Å²) >= 11 is 0. The normalized spacial score (nSPS) is 15.6. The quantitative estimate of drug-likeness (QED) is 0.754. The average Bonchev–Trinajstić information content (AvgIpc) is 2.55. The van der Waals surface area contributed by atoms with E-state index in [1.165, 1.54) is 12.1 Å². The Labute approximate surface area is 135 Å². The van der Waals surface area contributed by atoms with Crippen LogP contribution in [0.3, 0.4) is 0 Å². The number of benzene rings is 1. The van der Waals surface area contributed by atoms with Crippen LogP contribution in [0.2, 0.25) is 0 Å². The summed E-state index contributed by atoms with van der Waals surface area (Å²) in [5.74, 6) is 0.136. The van der Waals surface area contributed by atoms with Gasteiger partial charge in [0.25, 0.3) is 0 Å². The SMILES string of the molecule is O=C(CCc1ccc(OC(F)F)cc1)NCCN1CCNCC1. The number of alkyl halides is 2. The van der Waals surface area contributed by atoms with Crippen LogP contribution in [0.15, 0.2) is 24.3 Å². The molecule has 0 aromatic heterocycles. The number of carbonyl (C=O) groups is 1. The maximum absolute atomic E-state index is 12.0. The van der Waals surface area contributed by atoms with Crippen molar-refractivity contribution in [2.24, 2.45) is 0 Å². The van der Waals surface area contributed by atoms with Crippen molar-refractivity contribution in [1.29, 1.82) is 0 Å². The molecule has 7 heteroatoms. The van der Waals surface area contributed by atoms with Crippen LogP contribution in [0.4, 0.5) is 8.78 Å². The van der Waals surface area contributed by atoms with Crippen molar-refractivity contribution in [1.82, 2.24) is 15.5 Å². The number of hydrogen-bond acceptors (Lipinski definition) is 4. The highest BCUT2D eigenvalue weighted by Crippen LogP contribution is 2.15. The van der Waals surface area contributed by atoms with E-state index >= 15 is 0 Å². The summed E-state index contributed by atoms with van der Waals surface area (Å²) < 4.78 is 28.4. The van der Waals surface area contributed by atoms with Crippen molar-refractivity contribution in [3.63, 3.8) is 0 Å². The van der Waals surface area contributed by atoms with Gasteiger partial charge in [-0.1, -0.05) is 12.1 Å². The summed E-state index contributed by atoms with van der Waals surface area (Å²) in [5.41, 5.74) is 0.920. The molecule has 1 aromatic rings. The van der Waals surface area contributed by atoms with Crippen LogP contribution in [0.5, 0.6) is 5.75 Å². The van der Waals surface area contributed by atoms with Crippen LogP contribution in [0.25, 0.3) is 0 Å². The standard InChI is InChI=1S/C16H23F2N3O2/c17-16(18)23-14-4-1-13(2-5-14)3-6-15(22)20-9-12-21-10-7-19-8-11-21/h1-2,4-5,16,19H,3,6-12H2,(H,20,22). The topological polar surface area (TPSA) is 53.6 Å². The molecule has 0 radical (unpaired) electrons. The van der Waals surface area contributed by atoms with E-state index in [-0.39, 0.29) is 11.7 Å². The second-order valence-corrected chi connectivity index (χ2v) is 5.46. The molecule has 1 saturated heterocycles. The fraction of sp³-hybridized carbons (Fsp3) is 0.562. The number of aryl methyl sites for hydroxylation is 1. The monoisotopic (exact) mass is 327 g/mol. The second-order valence-electron chi connectivity index (χ2n) is 5.46. The second kappa shape index (κ2) is 9.42. The molecule has 1 heterocycles. The minimum Gasteiger partial charge on any atom is -0.435 e. The first-order valence-electron chi connectivity index (χ1n) is 7.87. The molecule has 2 rings (SSSR count). The molecule has 0 aliphatic carbocycles. The summed E-state index contributed by atoms with van der Waals surface area (Å²) in [6.07, 6.45) is 0.963. The van der Waals surface area contributed by atoms with E-state index in [9.17, 15) is 13.6 Å². The third-order valence-electron chi connectivity index (χ3n) is 3.75. The zero-order chi connectivity index (χ0) is 16.5. The Kier molecular flexibility index (Phi) is 7.22. The zero-order valence-electron chi connectivity index (χ0n) is 13.1. The van der Waals surface area contributed by atoms with E-state index in [1.807, 2.05) is 0 Å². The van der Waals surface area contributed by atoms with Gasteiger partial charge in [0, 0.05) is 45.7 Å². The summed E-state index contributed by atoms with van der Waals surface area (Å²) in [4.78, 5) is 14.1. The lowest BCUT2D eigenvalue weighted by Crippen LogP contribution is -2.46. The van der Waals surface area contributed by atoms with Crippen molar-refractivity contribution in [2.45, 2.75) is 19.5 Å². The molecule has 0 atom stereocenters. The van der Waals surface area contributed by atoms with Crippen LogP contribution in [-0.4, -0.2) is 56.7 Å². The molecule has 128 valence electrons. The van der Waals surface area contributed by atoms with Crippen molar-refractivity contribution in [3.05, 3.63) is 29.8 Å². The van der Waals surface area contributed by atoms with E-state index in [1.54, 1.807) is 12.1 Å². The van der Waals surface area contributed by atoms with Gasteiger partial charge < -0.3 is 15.4 Å². The lowest BCUT2D eigenvalue weighted by molar-refractivity contribution is -0.121. The first kappa shape index (κ1) is 17.6. The Balaban J connectivity index is 1.61. The summed E-state index contributed by atoms with van der Waals surface area (Å²) in [5, 5.41) is 6.20. The third kappa shape index (κ3) is 6.92. The number of halogens is 2. The Morgan fingerprint density at radius 2 is 1.96 bits per heavy atom. The molecule has 1 fully saturated rings. The van der Waals surface area contributed by atoms with Gasteiger partial charge in [0.2, 0.25) is 5.91 Å². The van der Waals surface area contributed by atoms with Gasteiger partial charge in [-0.2, -0.15) is 8.78 Å². The Morgan fingerprint density at radius 3 is 2.61 bits per heavy atom. The highest BCUT2D eigenvalue weighted by atomic mass is 19.3. The zero-order valence-corrected chi connectivity index (χ0v) is 13.1. The highest BCUT2D eigenvalue weighted by molar-refractivity contribution is 5.76. The molecule has 1 aliphatic rings. The van der Waals surface area contributed by atoms with Gasteiger partial charge in [0.1, 0.15) is 5.75 Å². The van der Waals surface area contributed by atoms with Crippen LogP contribution in [-0.2, 0) is 11.2 Å². The Morgan fingerprint density at radius 1 is 1.26 bits per heavy atom. The number of nitrogens with one attached hydrogen (secondary N) is 2. The number of piperazine rings is 1. The van der Waals surface area contributed by atoms with Crippen molar-refractivity contribution < 1.29 is 18.3 Å². The van der Waals surface area contributed by atoms with Crippen LogP contribution in [0, 0.1) is 0 Å². The first-order chi connectivity index (χ1) is 11.1. The summed E-state index contributed by atoms with van der Waals surface area (Å²) in [7, 11) is 0. The molecule has 0 spiro atoms. The van der Waals surface area contributed by atoms with Gasteiger partial charge in [-0.15, -0.1) is 0 Å². The summed E-state index contributed by atoms with van der Waals surface area (Å²) in [6, 6.07) is 6.38. The van der Waals surface area contributed by atoms with E-state index in [4.69, 9.17) is 0 Å². The first-order valence-corrected chi connectivity index (χ1v) is 7.87. The van der Waals surface area contributed by atoms with Crippen LogP contribution >= 0.6 is 0 Å². The average molecular weight is 327 g/mol. The predicted octanol–water partition coefficient (Wildman–Crippen LogP) is 1.24. The maximum atomic E-state index is 12.0. The lowest BCUT2D eigenvalue weighted by atomic mass is 10.1. The molecule has 2 N–H and O–H groups in total. The van der Waals surface area contributed by atoms with Gasteiger partial charge in [0.15, 0.2) is 0 Å². The van der Waals surface area contributed by atoms with Crippen LogP contribution < -0.4 is 15.4 Å². The van der Waals surface area contributed by atoms with Gasteiger partial charge in [-0.05, 0) is 24.1 Å². The van der Waals surface area contributed by atoms with E-state index in [0.717, 1.165) is 38.3 Å². The smallest absolute Gasteiger partial charge is 0.387 e. The molecule has 0 bridgehead atoms.